The number of carbonyl (C=O) groups excluding carboxylic acids is 3. The lowest BCUT2D eigenvalue weighted by Gasteiger charge is -2.21. The highest BCUT2D eigenvalue weighted by Gasteiger charge is 2.41. The van der Waals surface area contributed by atoms with E-state index in [2.05, 4.69) is 0 Å². The zero-order valence-electron chi connectivity index (χ0n) is 14.8. The summed E-state index contributed by atoms with van der Waals surface area (Å²) in [4.78, 5) is 38.8. The molecule has 0 spiro atoms. The fraction of sp³-hybridized carbons (Fsp3) is 0.350. The van der Waals surface area contributed by atoms with E-state index in [-0.39, 0.29) is 18.0 Å². The van der Waals surface area contributed by atoms with Gasteiger partial charge in [-0.2, -0.15) is 0 Å². The number of rotatable bonds is 6. The van der Waals surface area contributed by atoms with E-state index < -0.39 is 18.0 Å². The Morgan fingerprint density at radius 2 is 1.96 bits per heavy atom. The Hall–Kier alpha value is -2.69. The Morgan fingerprint density at radius 3 is 2.56 bits per heavy atom. The number of nitrogens with zero attached hydrogens (tertiary/aromatic N) is 1. The first-order chi connectivity index (χ1) is 12.0. The molecule has 1 aliphatic rings. The molecule has 0 aromatic heterocycles. The van der Waals surface area contributed by atoms with Crippen LogP contribution in [0.1, 0.15) is 45.2 Å². The molecule has 25 heavy (non-hydrogen) atoms. The third-order valence-electron chi connectivity index (χ3n) is 4.18. The lowest BCUT2D eigenvalue weighted by atomic mass is 10.00. The number of benzene rings is 1. The summed E-state index contributed by atoms with van der Waals surface area (Å²) in [7, 11) is 0. The summed E-state index contributed by atoms with van der Waals surface area (Å²) < 4.78 is 5.09. The topological polar surface area (TPSA) is 63.7 Å². The van der Waals surface area contributed by atoms with Gasteiger partial charge in [0.2, 0.25) is 0 Å². The molecule has 0 radical (unpaired) electrons. The van der Waals surface area contributed by atoms with Gasteiger partial charge in [-0.3, -0.25) is 9.59 Å². The molecule has 1 aromatic carbocycles. The molecular weight excluding hydrogens is 318 g/mol. The highest BCUT2D eigenvalue weighted by Crippen LogP contribution is 2.29. The molecule has 1 aliphatic heterocycles. The number of cyclic esters (lactones) is 1. The second-order valence-corrected chi connectivity index (χ2v) is 5.89. The van der Waals surface area contributed by atoms with Crippen LogP contribution < -0.4 is 0 Å². The van der Waals surface area contributed by atoms with E-state index in [1.807, 2.05) is 37.3 Å². The van der Waals surface area contributed by atoms with E-state index in [0.29, 0.717) is 12.0 Å². The van der Waals surface area contributed by atoms with Crippen LogP contribution in [0, 0.1) is 0 Å². The summed E-state index contributed by atoms with van der Waals surface area (Å²) in [5.41, 5.74) is 1.29. The van der Waals surface area contributed by atoms with Crippen molar-refractivity contribution in [3.63, 3.8) is 0 Å². The van der Waals surface area contributed by atoms with Crippen molar-refractivity contribution in [2.75, 3.05) is 6.61 Å². The molecule has 0 aliphatic carbocycles. The fourth-order valence-electron chi connectivity index (χ4n) is 2.61. The van der Waals surface area contributed by atoms with Gasteiger partial charge in [-0.1, -0.05) is 55.8 Å². The third kappa shape index (κ3) is 4.05. The number of ether oxygens (including phenoxy) is 1. The minimum Gasteiger partial charge on any atom is -0.446 e. The fourth-order valence-corrected chi connectivity index (χ4v) is 2.61. The van der Waals surface area contributed by atoms with Gasteiger partial charge < -0.3 is 4.74 Å². The maximum absolute atomic E-state index is 13.0. The van der Waals surface area contributed by atoms with Crippen molar-refractivity contribution in [3.8, 4) is 0 Å². The van der Waals surface area contributed by atoms with E-state index in [1.54, 1.807) is 26.0 Å². The second-order valence-electron chi connectivity index (χ2n) is 5.89. The van der Waals surface area contributed by atoms with E-state index in [9.17, 15) is 14.4 Å². The maximum atomic E-state index is 13.0. The largest absolute Gasteiger partial charge is 0.446 e. The quantitative estimate of drug-likeness (QED) is 0.446. The van der Waals surface area contributed by atoms with E-state index in [4.69, 9.17) is 4.74 Å². The van der Waals surface area contributed by atoms with Crippen LogP contribution in [0.2, 0.25) is 0 Å². The van der Waals surface area contributed by atoms with Crippen molar-refractivity contribution in [1.82, 2.24) is 4.90 Å². The van der Waals surface area contributed by atoms with E-state index in [0.717, 1.165) is 16.9 Å². The molecule has 0 bridgehead atoms. The van der Waals surface area contributed by atoms with Crippen molar-refractivity contribution in [2.24, 2.45) is 0 Å². The summed E-state index contributed by atoms with van der Waals surface area (Å²) in [6, 6.07) is 8.68. The summed E-state index contributed by atoms with van der Waals surface area (Å²) in [6.07, 6.45) is 3.94. The van der Waals surface area contributed by atoms with Gasteiger partial charge in [0.05, 0.1) is 5.57 Å². The van der Waals surface area contributed by atoms with Gasteiger partial charge in [-0.25, -0.2) is 9.69 Å². The highest BCUT2D eigenvalue weighted by atomic mass is 16.6. The molecule has 0 unspecified atom stereocenters. The molecule has 1 heterocycles. The van der Waals surface area contributed by atoms with Gasteiger partial charge in [0.15, 0.2) is 5.78 Å². The van der Waals surface area contributed by atoms with Crippen molar-refractivity contribution >= 4 is 17.8 Å². The van der Waals surface area contributed by atoms with Crippen molar-refractivity contribution in [3.05, 3.63) is 59.2 Å². The molecule has 1 fully saturated rings. The molecule has 0 N–H and O–H groups in total. The second kappa shape index (κ2) is 8.42. The molecule has 5 heteroatoms. The number of allylic oxidation sites excluding steroid dienone is 3. The van der Waals surface area contributed by atoms with E-state index in [1.165, 1.54) is 0 Å². The molecule has 1 atom stereocenters. The third-order valence-corrected chi connectivity index (χ3v) is 4.18. The molecule has 132 valence electrons. The predicted octanol–water partition coefficient (Wildman–Crippen LogP) is 3.97. The average molecular weight is 341 g/mol. The van der Waals surface area contributed by atoms with Crippen LogP contribution in [0.25, 0.3) is 0 Å². The van der Waals surface area contributed by atoms with Gasteiger partial charge >= 0.3 is 6.09 Å². The smallest absolute Gasteiger partial charge is 0.417 e. The molecule has 2 rings (SSSR count). The van der Waals surface area contributed by atoms with Gasteiger partial charge in [-0.05, 0) is 31.4 Å². The van der Waals surface area contributed by atoms with Gasteiger partial charge in [0.1, 0.15) is 12.6 Å². The Balaban J connectivity index is 2.39. The van der Waals surface area contributed by atoms with E-state index >= 15 is 0 Å². The number of amides is 2. The number of carbonyl (C=O) groups is 3. The van der Waals surface area contributed by atoms with Crippen LogP contribution in [-0.2, 0) is 14.3 Å². The molecule has 1 saturated heterocycles. The Bertz CT molecular complexity index is 718. The number of hydrogen-bond donors (Lipinski definition) is 0. The monoisotopic (exact) mass is 341 g/mol. The summed E-state index contributed by atoms with van der Waals surface area (Å²) in [5, 5.41) is 0. The minimum absolute atomic E-state index is 0.0252. The molecular formula is C20H23NO4. The molecule has 2 amide bonds. The average Bonchev–Trinajstić information content (AvgIpc) is 3.03. The molecule has 5 nitrogen and oxygen atoms in total. The summed E-state index contributed by atoms with van der Waals surface area (Å²) in [5.74, 6) is -0.955. The molecule has 1 aromatic rings. The number of ketones is 1. The first kappa shape index (κ1) is 18.6. The number of hydrogen-bond acceptors (Lipinski definition) is 4. The van der Waals surface area contributed by atoms with Crippen LogP contribution in [0.5, 0.6) is 0 Å². The van der Waals surface area contributed by atoms with Crippen molar-refractivity contribution in [1.29, 1.82) is 0 Å². The van der Waals surface area contributed by atoms with Gasteiger partial charge in [0, 0.05) is 0 Å². The van der Waals surface area contributed by atoms with Crippen LogP contribution in [0.15, 0.2) is 53.6 Å². The van der Waals surface area contributed by atoms with Crippen molar-refractivity contribution in [2.45, 2.75) is 39.7 Å². The van der Waals surface area contributed by atoms with Crippen molar-refractivity contribution < 1.29 is 19.1 Å². The zero-order chi connectivity index (χ0) is 18.4. The van der Waals surface area contributed by atoms with Crippen LogP contribution in [-0.4, -0.2) is 29.3 Å². The number of imide groups is 1. The SMILES string of the molecule is C/C=C(\C)C(=O)/C(=C/CCC)C(=O)N1C(=O)OC[C@@H]1c1ccccc1. The Kier molecular flexibility index (Phi) is 6.28. The maximum Gasteiger partial charge on any atom is 0.417 e. The van der Waals surface area contributed by atoms with Gasteiger partial charge in [-0.15, -0.1) is 0 Å². The Labute approximate surface area is 148 Å². The first-order valence-electron chi connectivity index (χ1n) is 8.44. The molecule has 0 saturated carbocycles. The van der Waals surface area contributed by atoms with Crippen LogP contribution in [0.4, 0.5) is 4.79 Å². The Morgan fingerprint density at radius 1 is 1.28 bits per heavy atom. The normalized spacial score (nSPS) is 18.3. The predicted molar refractivity (Wildman–Crippen MR) is 94.8 cm³/mol. The van der Waals surface area contributed by atoms with Crippen LogP contribution >= 0.6 is 0 Å². The lowest BCUT2D eigenvalue weighted by molar-refractivity contribution is -0.127. The number of unbranched alkanes of at least 4 members (excludes halogenated alkanes) is 1. The number of Topliss-reactive ketones (excluding diaryl/α,β-unsaturated/α-hetero) is 1. The summed E-state index contributed by atoms with van der Waals surface area (Å²) >= 11 is 0. The first-order valence-corrected chi connectivity index (χ1v) is 8.44. The zero-order valence-corrected chi connectivity index (χ0v) is 14.8. The van der Waals surface area contributed by atoms with Crippen LogP contribution in [0.3, 0.4) is 0 Å². The standard InChI is InChI=1S/C20H23NO4/c1-4-6-12-16(18(22)14(3)5-2)19(23)21-17(13-25-20(21)24)15-10-8-7-9-11-15/h5,7-12,17H,4,6,13H2,1-3H3/b14-5+,16-12-/t17-/m1/s1. The highest BCUT2D eigenvalue weighted by molar-refractivity contribution is 6.27. The minimum atomic E-state index is -0.716. The summed E-state index contributed by atoms with van der Waals surface area (Å²) in [6.45, 7) is 5.45. The lowest BCUT2D eigenvalue weighted by Crippen LogP contribution is -2.37. The van der Waals surface area contributed by atoms with Gasteiger partial charge in [0.25, 0.3) is 5.91 Å².